The summed E-state index contributed by atoms with van der Waals surface area (Å²) < 4.78 is 0. The van der Waals surface area contributed by atoms with E-state index in [4.69, 9.17) is 0 Å². The summed E-state index contributed by atoms with van der Waals surface area (Å²) in [6.45, 7) is 2.89. The smallest absolute Gasteiger partial charge is 0.261 e. The number of rotatable bonds is 7. The zero-order valence-corrected chi connectivity index (χ0v) is 16.4. The Hall–Kier alpha value is -3.15. The molecule has 0 spiro atoms. The van der Waals surface area contributed by atoms with Crippen LogP contribution in [0.1, 0.15) is 45.5 Å². The molecule has 1 fully saturated rings. The van der Waals surface area contributed by atoms with Crippen molar-refractivity contribution in [2.45, 2.75) is 25.7 Å². The molecule has 6 nitrogen and oxygen atoms in total. The van der Waals surface area contributed by atoms with Crippen molar-refractivity contribution in [1.29, 1.82) is 0 Å². The van der Waals surface area contributed by atoms with Crippen LogP contribution < -0.4 is 10.2 Å². The molecule has 2 heterocycles. The minimum absolute atomic E-state index is 0.0999. The largest absolute Gasteiger partial charge is 0.372 e. The predicted molar refractivity (Wildman–Crippen MR) is 111 cm³/mol. The Morgan fingerprint density at radius 2 is 1.52 bits per heavy atom. The summed E-state index contributed by atoms with van der Waals surface area (Å²) in [5, 5.41) is 2.88. The molecular weight excluding hydrogens is 366 g/mol. The van der Waals surface area contributed by atoms with Crippen LogP contribution in [-0.2, 0) is 11.2 Å². The van der Waals surface area contributed by atoms with E-state index in [1.54, 1.807) is 24.3 Å². The molecule has 2 aliphatic rings. The number of imide groups is 1. The van der Waals surface area contributed by atoms with E-state index < -0.39 is 0 Å². The summed E-state index contributed by atoms with van der Waals surface area (Å²) in [7, 11) is 0. The van der Waals surface area contributed by atoms with Gasteiger partial charge in [-0.2, -0.15) is 0 Å². The van der Waals surface area contributed by atoms with Gasteiger partial charge in [-0.1, -0.05) is 24.3 Å². The monoisotopic (exact) mass is 391 g/mol. The Balaban J connectivity index is 1.21. The second-order valence-corrected chi connectivity index (χ2v) is 7.52. The summed E-state index contributed by atoms with van der Waals surface area (Å²) in [6.07, 6.45) is 3.38. The van der Waals surface area contributed by atoms with Gasteiger partial charge >= 0.3 is 0 Å². The zero-order valence-electron chi connectivity index (χ0n) is 16.4. The van der Waals surface area contributed by atoms with Gasteiger partial charge in [-0.25, -0.2) is 0 Å². The second kappa shape index (κ2) is 8.47. The van der Waals surface area contributed by atoms with Gasteiger partial charge in [0.25, 0.3) is 11.8 Å². The van der Waals surface area contributed by atoms with Crippen LogP contribution in [0.25, 0.3) is 0 Å². The van der Waals surface area contributed by atoms with Gasteiger partial charge in [0.05, 0.1) is 11.1 Å². The third-order valence-electron chi connectivity index (χ3n) is 5.58. The molecule has 2 aromatic carbocycles. The normalized spacial score (nSPS) is 15.7. The lowest BCUT2D eigenvalue weighted by molar-refractivity contribution is -0.121. The number of benzene rings is 2. The van der Waals surface area contributed by atoms with E-state index in [1.807, 2.05) is 0 Å². The molecule has 2 aliphatic heterocycles. The minimum atomic E-state index is -0.323. The standard InChI is InChI=1S/C23H25N3O3/c27-21(12-16-26-22(28)19-5-1-2-6-20(19)23(26)29)24-13-11-17-7-9-18(10-8-17)25-14-3-4-15-25/h1-2,5-10H,3-4,11-16H2,(H,24,27). The first kappa shape index (κ1) is 19.2. The third-order valence-corrected chi connectivity index (χ3v) is 5.58. The molecule has 0 bridgehead atoms. The maximum Gasteiger partial charge on any atom is 0.261 e. The van der Waals surface area contributed by atoms with Gasteiger partial charge in [-0.15, -0.1) is 0 Å². The third kappa shape index (κ3) is 4.16. The maximum absolute atomic E-state index is 12.3. The van der Waals surface area contributed by atoms with E-state index in [0.29, 0.717) is 17.7 Å². The van der Waals surface area contributed by atoms with Crippen molar-refractivity contribution < 1.29 is 14.4 Å². The van der Waals surface area contributed by atoms with E-state index in [0.717, 1.165) is 24.4 Å². The average molecular weight is 391 g/mol. The summed E-state index contributed by atoms with van der Waals surface area (Å²) in [5.41, 5.74) is 3.26. The lowest BCUT2D eigenvalue weighted by Gasteiger charge is -2.17. The zero-order chi connectivity index (χ0) is 20.2. The van der Waals surface area contributed by atoms with Gasteiger partial charge in [-0.05, 0) is 49.1 Å². The van der Waals surface area contributed by atoms with Crippen molar-refractivity contribution in [2.24, 2.45) is 0 Å². The number of nitrogens with zero attached hydrogens (tertiary/aromatic N) is 2. The van der Waals surface area contributed by atoms with Crippen LogP contribution in [-0.4, -0.2) is 48.8 Å². The highest BCUT2D eigenvalue weighted by Crippen LogP contribution is 2.22. The Morgan fingerprint density at radius 3 is 2.14 bits per heavy atom. The van der Waals surface area contributed by atoms with Crippen LogP contribution in [0, 0.1) is 0 Å². The molecule has 6 heteroatoms. The lowest BCUT2D eigenvalue weighted by Crippen LogP contribution is -2.35. The number of fused-ring (bicyclic) bond motifs is 1. The van der Waals surface area contributed by atoms with Crippen molar-refractivity contribution in [3.63, 3.8) is 0 Å². The molecule has 1 saturated heterocycles. The number of hydrogen-bond acceptors (Lipinski definition) is 4. The molecule has 0 unspecified atom stereocenters. The van der Waals surface area contributed by atoms with Crippen molar-refractivity contribution in [3.8, 4) is 0 Å². The predicted octanol–water partition coefficient (Wildman–Crippen LogP) is 2.63. The van der Waals surface area contributed by atoms with Gasteiger partial charge in [0.2, 0.25) is 5.91 Å². The highest BCUT2D eigenvalue weighted by Gasteiger charge is 2.34. The molecule has 150 valence electrons. The minimum Gasteiger partial charge on any atom is -0.372 e. The summed E-state index contributed by atoms with van der Waals surface area (Å²) >= 11 is 0. The molecule has 0 aromatic heterocycles. The van der Waals surface area contributed by atoms with E-state index in [2.05, 4.69) is 34.5 Å². The van der Waals surface area contributed by atoms with Gasteiger partial charge in [-0.3, -0.25) is 19.3 Å². The molecule has 0 radical (unpaired) electrons. The Morgan fingerprint density at radius 1 is 0.897 bits per heavy atom. The molecule has 29 heavy (non-hydrogen) atoms. The summed E-state index contributed by atoms with van der Waals surface area (Å²) in [6, 6.07) is 15.3. The Labute approximate surface area is 170 Å². The SMILES string of the molecule is O=C(CCN1C(=O)c2ccccc2C1=O)NCCc1ccc(N2CCCC2)cc1. The molecule has 3 amide bonds. The second-order valence-electron chi connectivity index (χ2n) is 7.52. The fourth-order valence-corrected chi connectivity index (χ4v) is 3.94. The number of amides is 3. The van der Waals surface area contributed by atoms with Crippen molar-refractivity contribution >= 4 is 23.4 Å². The van der Waals surface area contributed by atoms with Crippen molar-refractivity contribution in [2.75, 3.05) is 31.1 Å². The summed E-state index contributed by atoms with van der Waals surface area (Å²) in [5.74, 6) is -0.803. The van der Waals surface area contributed by atoms with Gasteiger partial charge in [0.15, 0.2) is 0 Å². The molecule has 4 rings (SSSR count). The van der Waals surface area contributed by atoms with Crippen LogP contribution in [0.3, 0.4) is 0 Å². The quantitative estimate of drug-likeness (QED) is 0.737. The van der Waals surface area contributed by atoms with Crippen LogP contribution >= 0.6 is 0 Å². The number of carbonyl (C=O) groups is 3. The molecule has 1 N–H and O–H groups in total. The van der Waals surface area contributed by atoms with E-state index in [-0.39, 0.29) is 30.7 Å². The number of nitrogens with one attached hydrogen (secondary N) is 1. The van der Waals surface area contributed by atoms with Crippen molar-refractivity contribution in [1.82, 2.24) is 10.2 Å². The maximum atomic E-state index is 12.3. The Kier molecular flexibility index (Phi) is 5.60. The molecular formula is C23H25N3O3. The number of hydrogen-bond donors (Lipinski definition) is 1. The van der Waals surface area contributed by atoms with Crippen LogP contribution in [0.15, 0.2) is 48.5 Å². The number of anilines is 1. The average Bonchev–Trinajstić information content (AvgIpc) is 3.36. The Bertz CT molecular complexity index is 882. The van der Waals surface area contributed by atoms with Gasteiger partial charge in [0, 0.05) is 38.3 Å². The molecule has 0 atom stereocenters. The van der Waals surface area contributed by atoms with E-state index in [9.17, 15) is 14.4 Å². The van der Waals surface area contributed by atoms with Gasteiger partial charge < -0.3 is 10.2 Å². The fraction of sp³-hybridized carbons (Fsp3) is 0.348. The summed E-state index contributed by atoms with van der Waals surface area (Å²) in [4.78, 5) is 40.3. The lowest BCUT2D eigenvalue weighted by atomic mass is 10.1. The van der Waals surface area contributed by atoms with Crippen LogP contribution in [0.5, 0.6) is 0 Å². The molecule has 0 saturated carbocycles. The van der Waals surface area contributed by atoms with E-state index in [1.165, 1.54) is 24.1 Å². The highest BCUT2D eigenvalue weighted by atomic mass is 16.2. The first-order chi connectivity index (χ1) is 14.1. The first-order valence-corrected chi connectivity index (χ1v) is 10.2. The van der Waals surface area contributed by atoms with Crippen molar-refractivity contribution in [3.05, 3.63) is 65.2 Å². The number of carbonyl (C=O) groups excluding carboxylic acids is 3. The molecule has 0 aliphatic carbocycles. The topological polar surface area (TPSA) is 69.7 Å². The fourth-order valence-electron chi connectivity index (χ4n) is 3.94. The first-order valence-electron chi connectivity index (χ1n) is 10.2. The van der Waals surface area contributed by atoms with Crippen LogP contribution in [0.4, 0.5) is 5.69 Å². The molecule has 2 aromatic rings. The van der Waals surface area contributed by atoms with E-state index >= 15 is 0 Å². The highest BCUT2D eigenvalue weighted by molar-refractivity contribution is 6.21. The van der Waals surface area contributed by atoms with Gasteiger partial charge in [0.1, 0.15) is 0 Å². The van der Waals surface area contributed by atoms with Crippen LogP contribution in [0.2, 0.25) is 0 Å².